The molecular formula is C24H25N7O2. The Balaban J connectivity index is 1.32. The van der Waals surface area contributed by atoms with E-state index in [9.17, 15) is 9.59 Å². The van der Waals surface area contributed by atoms with E-state index in [2.05, 4.69) is 25.8 Å². The SMILES string of the molecule is O=C1NCC[C@@]12Cc1cnc(Nc3ccc(-c4cn[nH]c4)cc3)nc1N(C1CCCC1)C2=O. The Kier molecular flexibility index (Phi) is 4.63. The van der Waals surface area contributed by atoms with Crippen LogP contribution in [0.4, 0.5) is 17.5 Å². The summed E-state index contributed by atoms with van der Waals surface area (Å²) in [7, 11) is 0. The van der Waals surface area contributed by atoms with Gasteiger partial charge in [-0.1, -0.05) is 25.0 Å². The fourth-order valence-corrected chi connectivity index (χ4v) is 5.35. The maximum Gasteiger partial charge on any atom is 0.244 e. The zero-order valence-corrected chi connectivity index (χ0v) is 18.2. The number of hydrogen-bond acceptors (Lipinski definition) is 6. The van der Waals surface area contributed by atoms with Crippen molar-refractivity contribution >= 4 is 29.3 Å². The molecule has 0 unspecified atom stereocenters. The number of amides is 2. The summed E-state index contributed by atoms with van der Waals surface area (Å²) in [5, 5.41) is 12.9. The molecule has 2 aromatic heterocycles. The van der Waals surface area contributed by atoms with Crippen molar-refractivity contribution in [3.8, 4) is 11.1 Å². The van der Waals surface area contributed by atoms with Gasteiger partial charge >= 0.3 is 0 Å². The van der Waals surface area contributed by atoms with Gasteiger partial charge in [0.05, 0.1) is 6.20 Å². The Morgan fingerprint density at radius 3 is 2.58 bits per heavy atom. The van der Waals surface area contributed by atoms with Gasteiger partial charge in [0.15, 0.2) is 0 Å². The van der Waals surface area contributed by atoms with Gasteiger partial charge in [-0.25, -0.2) is 4.98 Å². The molecule has 4 heterocycles. The van der Waals surface area contributed by atoms with Crippen molar-refractivity contribution in [2.75, 3.05) is 16.8 Å². The van der Waals surface area contributed by atoms with Crippen molar-refractivity contribution in [1.82, 2.24) is 25.5 Å². The number of fused-ring (bicyclic) bond motifs is 1. The molecule has 0 radical (unpaired) electrons. The van der Waals surface area contributed by atoms with Crippen LogP contribution in [0.2, 0.25) is 0 Å². The fourth-order valence-electron chi connectivity index (χ4n) is 5.35. The first-order valence-corrected chi connectivity index (χ1v) is 11.5. The van der Waals surface area contributed by atoms with Crippen LogP contribution in [0.5, 0.6) is 0 Å². The minimum atomic E-state index is -1.02. The van der Waals surface area contributed by atoms with Gasteiger partial charge in [0.25, 0.3) is 0 Å². The topological polar surface area (TPSA) is 116 Å². The smallest absolute Gasteiger partial charge is 0.244 e. The Hall–Kier alpha value is -3.75. The lowest BCUT2D eigenvalue weighted by molar-refractivity contribution is -0.140. The second-order valence-electron chi connectivity index (χ2n) is 9.11. The maximum absolute atomic E-state index is 13.7. The van der Waals surface area contributed by atoms with Crippen LogP contribution in [-0.2, 0) is 16.0 Å². The number of hydrogen-bond donors (Lipinski definition) is 3. The van der Waals surface area contributed by atoms with E-state index in [-0.39, 0.29) is 17.9 Å². The molecule has 3 aliphatic rings. The lowest BCUT2D eigenvalue weighted by atomic mass is 9.76. The molecule has 3 aromatic rings. The van der Waals surface area contributed by atoms with Crippen molar-refractivity contribution in [3.05, 3.63) is 48.4 Å². The number of rotatable bonds is 4. The molecule has 1 aromatic carbocycles. The van der Waals surface area contributed by atoms with E-state index >= 15 is 0 Å². The lowest BCUT2D eigenvalue weighted by Crippen LogP contribution is -2.56. The largest absolute Gasteiger partial charge is 0.355 e. The van der Waals surface area contributed by atoms with Gasteiger partial charge in [-0.2, -0.15) is 10.1 Å². The average Bonchev–Trinajstić information content (AvgIpc) is 3.60. The van der Waals surface area contributed by atoms with E-state index < -0.39 is 5.41 Å². The standard InChI is InChI=1S/C24H25N7O2/c32-21-24(9-10-25-21)11-16-12-26-23(30-20(16)31(22(24)33)19-3-1-2-4-19)29-18-7-5-15(6-8-18)17-13-27-28-14-17/h5-8,12-14,19H,1-4,9-11H2,(H,25,32)(H,27,28)(H,26,29,30)/t24-/m1/s1. The molecule has 2 amide bonds. The van der Waals surface area contributed by atoms with Gasteiger partial charge in [0, 0.05) is 48.2 Å². The molecule has 0 bridgehead atoms. The highest BCUT2D eigenvalue weighted by atomic mass is 16.2. The van der Waals surface area contributed by atoms with Crippen LogP contribution in [-0.4, -0.2) is 44.6 Å². The number of carbonyl (C=O) groups is 2. The second-order valence-corrected chi connectivity index (χ2v) is 9.11. The van der Waals surface area contributed by atoms with Crippen LogP contribution >= 0.6 is 0 Å². The van der Waals surface area contributed by atoms with Crippen LogP contribution < -0.4 is 15.5 Å². The molecule has 2 aliphatic heterocycles. The Morgan fingerprint density at radius 2 is 1.88 bits per heavy atom. The molecule has 2 fully saturated rings. The molecule has 9 nitrogen and oxygen atoms in total. The summed E-state index contributed by atoms with van der Waals surface area (Å²) in [4.78, 5) is 37.5. The Labute approximate surface area is 191 Å². The molecule has 1 atom stereocenters. The number of nitrogens with zero attached hydrogens (tertiary/aromatic N) is 4. The van der Waals surface area contributed by atoms with Gasteiger partial charge in [-0.3, -0.25) is 19.6 Å². The van der Waals surface area contributed by atoms with Crippen LogP contribution in [0.25, 0.3) is 11.1 Å². The molecule has 1 spiro atoms. The zero-order chi connectivity index (χ0) is 22.4. The highest BCUT2D eigenvalue weighted by Gasteiger charge is 2.56. The second kappa shape index (κ2) is 7.68. The van der Waals surface area contributed by atoms with Gasteiger partial charge in [-0.15, -0.1) is 0 Å². The van der Waals surface area contributed by atoms with Crippen LogP contribution in [0.1, 0.15) is 37.7 Å². The summed E-state index contributed by atoms with van der Waals surface area (Å²) in [6.07, 6.45) is 10.3. The van der Waals surface area contributed by atoms with Crippen LogP contribution in [0.15, 0.2) is 42.9 Å². The van der Waals surface area contributed by atoms with E-state index in [4.69, 9.17) is 4.98 Å². The summed E-state index contributed by atoms with van der Waals surface area (Å²) in [5.74, 6) is 0.809. The molecule has 3 N–H and O–H groups in total. The Morgan fingerprint density at radius 1 is 1.06 bits per heavy atom. The predicted octanol–water partition coefficient (Wildman–Crippen LogP) is 2.95. The summed E-state index contributed by atoms with van der Waals surface area (Å²) in [6.45, 7) is 0.535. The van der Waals surface area contributed by atoms with Gasteiger partial charge < -0.3 is 10.6 Å². The molecule has 168 valence electrons. The molecule has 6 rings (SSSR count). The van der Waals surface area contributed by atoms with Crippen molar-refractivity contribution < 1.29 is 9.59 Å². The van der Waals surface area contributed by atoms with Crippen LogP contribution in [0, 0.1) is 5.41 Å². The number of carbonyl (C=O) groups excluding carboxylic acids is 2. The number of nitrogens with one attached hydrogen (secondary N) is 3. The van der Waals surface area contributed by atoms with Gasteiger partial charge in [0.2, 0.25) is 17.8 Å². The molecule has 1 aliphatic carbocycles. The minimum Gasteiger partial charge on any atom is -0.355 e. The number of aromatic amines is 1. The van der Waals surface area contributed by atoms with Crippen molar-refractivity contribution in [3.63, 3.8) is 0 Å². The molecule has 9 heteroatoms. The van der Waals surface area contributed by atoms with Gasteiger partial charge in [0.1, 0.15) is 11.2 Å². The zero-order valence-electron chi connectivity index (χ0n) is 18.2. The summed E-state index contributed by atoms with van der Waals surface area (Å²) in [6, 6.07) is 8.01. The predicted molar refractivity (Wildman–Crippen MR) is 123 cm³/mol. The third-order valence-electron chi connectivity index (χ3n) is 7.12. The fraction of sp³-hybridized carbons (Fsp3) is 0.375. The molecule has 1 saturated heterocycles. The van der Waals surface area contributed by atoms with E-state index in [1.165, 1.54) is 0 Å². The monoisotopic (exact) mass is 443 g/mol. The van der Waals surface area contributed by atoms with Crippen LogP contribution in [0.3, 0.4) is 0 Å². The van der Waals surface area contributed by atoms with Crippen molar-refractivity contribution in [1.29, 1.82) is 0 Å². The van der Waals surface area contributed by atoms with E-state index in [1.807, 2.05) is 35.4 Å². The minimum absolute atomic E-state index is 0.0822. The third kappa shape index (κ3) is 3.26. The lowest BCUT2D eigenvalue weighted by Gasteiger charge is -2.40. The Bertz CT molecular complexity index is 1200. The van der Waals surface area contributed by atoms with E-state index in [0.717, 1.165) is 48.1 Å². The summed E-state index contributed by atoms with van der Waals surface area (Å²) in [5.41, 5.74) is 2.76. The first-order valence-electron chi connectivity index (χ1n) is 11.5. The van der Waals surface area contributed by atoms with E-state index in [0.29, 0.717) is 31.2 Å². The summed E-state index contributed by atoms with van der Waals surface area (Å²) >= 11 is 0. The normalized spacial score (nSPS) is 22.6. The molecule has 1 saturated carbocycles. The number of H-pyrrole nitrogens is 1. The van der Waals surface area contributed by atoms with Gasteiger partial charge in [-0.05, 0) is 37.0 Å². The summed E-state index contributed by atoms with van der Waals surface area (Å²) < 4.78 is 0. The number of anilines is 3. The van der Waals surface area contributed by atoms with E-state index in [1.54, 1.807) is 12.4 Å². The number of aromatic nitrogens is 4. The highest BCUT2D eigenvalue weighted by molar-refractivity contribution is 6.14. The van der Waals surface area contributed by atoms with Crippen molar-refractivity contribution in [2.45, 2.75) is 44.6 Å². The average molecular weight is 444 g/mol. The first kappa shape index (κ1) is 19.9. The maximum atomic E-state index is 13.7. The highest BCUT2D eigenvalue weighted by Crippen LogP contribution is 2.44. The first-order chi connectivity index (χ1) is 16.1. The quantitative estimate of drug-likeness (QED) is 0.534. The molecular weight excluding hydrogens is 418 g/mol. The molecule has 33 heavy (non-hydrogen) atoms. The third-order valence-corrected chi connectivity index (χ3v) is 7.12. The number of benzene rings is 1. The van der Waals surface area contributed by atoms with Crippen molar-refractivity contribution in [2.24, 2.45) is 5.41 Å².